The number of aliphatic hydroxyl groups is 2. The van der Waals surface area contributed by atoms with Crippen molar-refractivity contribution in [2.24, 2.45) is 34.8 Å². The number of carbonyl (C=O) groups excluding carboxylic acids is 10. The third-order valence-electron chi connectivity index (χ3n) is 11.6. The van der Waals surface area contributed by atoms with Gasteiger partial charge in [-0.25, -0.2) is 0 Å². The van der Waals surface area contributed by atoms with Crippen LogP contribution in [-0.4, -0.2) is 169 Å². The minimum Gasteiger partial charge on any atom is -0.391 e. The molecule has 1 aliphatic rings. The second-order valence-electron chi connectivity index (χ2n) is 19.0. The zero-order chi connectivity index (χ0) is 54.7. The molecule has 0 aromatic carbocycles. The fourth-order valence-electron chi connectivity index (χ4n) is 7.61. The Morgan fingerprint density at radius 1 is 0.589 bits per heavy atom. The van der Waals surface area contributed by atoms with Crippen LogP contribution in [0.1, 0.15) is 119 Å². The summed E-state index contributed by atoms with van der Waals surface area (Å²) < 4.78 is 0. The topological polar surface area (TPSA) is 436 Å². The molecule has 0 bridgehead atoms. The van der Waals surface area contributed by atoms with Crippen LogP contribution in [0.3, 0.4) is 0 Å². The summed E-state index contributed by atoms with van der Waals surface area (Å²) in [6.45, 7) is 10.7. The van der Waals surface area contributed by atoms with Gasteiger partial charge in [-0.1, -0.05) is 47.5 Å². The van der Waals surface area contributed by atoms with Crippen molar-refractivity contribution in [1.29, 1.82) is 0 Å². The number of hydrogen-bond donors (Lipinski definition) is 16. The van der Waals surface area contributed by atoms with Crippen molar-refractivity contribution in [3.8, 4) is 0 Å². The number of unbranched alkanes of at least 4 members (excludes halogenated alkanes) is 2. The highest BCUT2D eigenvalue weighted by atomic mass is 35.5. The van der Waals surface area contributed by atoms with E-state index in [0.29, 0.717) is 6.42 Å². The van der Waals surface area contributed by atoms with Crippen molar-refractivity contribution in [2.45, 2.75) is 186 Å². The molecule has 0 aliphatic carbocycles. The molecule has 11 atom stereocenters. The molecule has 27 heteroatoms. The van der Waals surface area contributed by atoms with Crippen molar-refractivity contribution in [1.82, 2.24) is 53.2 Å². The maximum atomic E-state index is 14.3. The summed E-state index contributed by atoms with van der Waals surface area (Å²) in [4.78, 5) is 138. The number of hydrogen-bond acceptors (Lipinski definition) is 16. The highest BCUT2D eigenvalue weighted by Gasteiger charge is 2.37. The summed E-state index contributed by atoms with van der Waals surface area (Å²) in [7, 11) is 0. The lowest BCUT2D eigenvalue weighted by atomic mass is 9.99. The van der Waals surface area contributed by atoms with Crippen molar-refractivity contribution in [3.05, 3.63) is 0 Å². The van der Waals surface area contributed by atoms with Gasteiger partial charge in [-0.2, -0.15) is 0 Å². The zero-order valence-corrected chi connectivity index (χ0v) is 44.3. The van der Waals surface area contributed by atoms with Crippen LogP contribution in [0, 0.1) is 11.8 Å². The predicted molar refractivity (Wildman–Crippen MR) is 273 cm³/mol. The molecular weight excluding hydrogens is 976 g/mol. The number of rotatable bonds is 23. The molecule has 420 valence electrons. The molecule has 73 heavy (non-hydrogen) atoms. The molecule has 10 amide bonds. The quantitative estimate of drug-likeness (QED) is 0.0427. The van der Waals surface area contributed by atoms with Gasteiger partial charge >= 0.3 is 0 Å². The highest BCUT2D eigenvalue weighted by molar-refractivity contribution is 5.98. The van der Waals surface area contributed by atoms with E-state index < -0.39 is 139 Å². The SMILES string of the molecule is CCCCCC(=O)NC(C(=O)NC(CCN)C(=O)NC1CCNC(=O)C(C(C)O)NC(=O)C(CCN)NC(=O)C(CCN)NC(=O)C(CC(C)C)NC(=O)C(CC(C)C)NC(=O)C(CCN)NC1=O)C(C)O.Cl. The van der Waals surface area contributed by atoms with Gasteiger partial charge in [-0.3, -0.25) is 47.9 Å². The molecule has 0 aromatic heterocycles. The van der Waals surface area contributed by atoms with E-state index in [9.17, 15) is 58.2 Å². The van der Waals surface area contributed by atoms with Crippen molar-refractivity contribution >= 4 is 71.5 Å². The lowest BCUT2D eigenvalue weighted by Gasteiger charge is -2.29. The van der Waals surface area contributed by atoms with Gasteiger partial charge in [0.25, 0.3) is 0 Å². The molecule has 0 radical (unpaired) electrons. The summed E-state index contributed by atoms with van der Waals surface area (Å²) in [5.41, 5.74) is 23.3. The molecule has 0 spiro atoms. The van der Waals surface area contributed by atoms with Gasteiger partial charge in [0.1, 0.15) is 54.4 Å². The van der Waals surface area contributed by atoms with Gasteiger partial charge in [0.15, 0.2) is 0 Å². The molecule has 1 fully saturated rings. The molecule has 0 saturated carbocycles. The van der Waals surface area contributed by atoms with E-state index in [2.05, 4.69) is 53.2 Å². The Bertz CT molecular complexity index is 1790. The number of nitrogens with one attached hydrogen (secondary N) is 10. The van der Waals surface area contributed by atoms with E-state index in [4.69, 9.17) is 22.9 Å². The first-order valence-corrected chi connectivity index (χ1v) is 25.1. The number of amides is 10. The van der Waals surface area contributed by atoms with Crippen LogP contribution in [0.5, 0.6) is 0 Å². The Morgan fingerprint density at radius 2 is 1.03 bits per heavy atom. The first-order valence-electron chi connectivity index (χ1n) is 25.1. The highest BCUT2D eigenvalue weighted by Crippen LogP contribution is 2.12. The Kier molecular flexibility index (Phi) is 33.2. The maximum Gasteiger partial charge on any atom is 0.245 e. The van der Waals surface area contributed by atoms with Crippen molar-refractivity contribution in [2.75, 3.05) is 32.7 Å². The molecular formula is C46H87ClN14O12. The second kappa shape index (κ2) is 35.8. The lowest BCUT2D eigenvalue weighted by Crippen LogP contribution is -2.61. The first-order chi connectivity index (χ1) is 33.9. The minimum atomic E-state index is -1.65. The number of aliphatic hydroxyl groups excluding tert-OH is 2. The Morgan fingerprint density at radius 3 is 1.44 bits per heavy atom. The molecule has 1 saturated heterocycles. The zero-order valence-electron chi connectivity index (χ0n) is 43.5. The standard InChI is InChI=1S/C46H86N14O12.ClH/c1-8-9-10-11-35(63)59-37(27(7)62)46(72)56-30(14-19-49)39(65)55-32-16-21-51-45(71)36(26(6)61)60-42(68)31(15-20-50)53-38(64)28(12-17-47)54-43(69)33(22-24(2)3)58-44(70)34(23-25(4)5)57-40(66)29(13-18-48)52-41(32)67;/h24-34,36-37,61-62H,8-23,47-50H2,1-7H3,(H,51,71)(H,52,67)(H,53,64)(H,54,69)(H,55,65)(H,56,72)(H,57,66)(H,58,70)(H,59,63)(H,60,68);1H. The third kappa shape index (κ3) is 25.0. The summed E-state index contributed by atoms with van der Waals surface area (Å²) >= 11 is 0. The largest absolute Gasteiger partial charge is 0.391 e. The van der Waals surface area contributed by atoms with Crippen LogP contribution in [0.25, 0.3) is 0 Å². The van der Waals surface area contributed by atoms with Crippen LogP contribution in [0.15, 0.2) is 0 Å². The summed E-state index contributed by atoms with van der Waals surface area (Å²) in [6, 6.07) is -12.8. The van der Waals surface area contributed by atoms with Gasteiger partial charge < -0.3 is 86.3 Å². The Hall–Kier alpha value is -5.25. The van der Waals surface area contributed by atoms with Crippen LogP contribution in [0.2, 0.25) is 0 Å². The monoisotopic (exact) mass is 1060 g/mol. The average Bonchev–Trinajstić information content (AvgIpc) is 3.29. The number of nitrogens with two attached hydrogens (primary N) is 4. The van der Waals surface area contributed by atoms with Gasteiger partial charge in [-0.15, -0.1) is 12.4 Å². The number of carbonyl (C=O) groups is 10. The normalized spacial score (nSPS) is 23.9. The average molecular weight is 1060 g/mol. The van der Waals surface area contributed by atoms with E-state index in [1.165, 1.54) is 13.8 Å². The van der Waals surface area contributed by atoms with E-state index in [1.54, 1.807) is 27.7 Å². The molecule has 0 aromatic rings. The molecule has 20 N–H and O–H groups in total. The van der Waals surface area contributed by atoms with E-state index in [0.717, 1.165) is 12.8 Å². The van der Waals surface area contributed by atoms with Crippen molar-refractivity contribution in [3.63, 3.8) is 0 Å². The Balaban J connectivity index is 0.0000518. The summed E-state index contributed by atoms with van der Waals surface area (Å²) in [5, 5.41) is 46.6. The van der Waals surface area contributed by atoms with Crippen LogP contribution < -0.4 is 76.1 Å². The van der Waals surface area contributed by atoms with Gasteiger partial charge in [0, 0.05) is 13.0 Å². The number of halogens is 1. The van der Waals surface area contributed by atoms with E-state index in [1.807, 2.05) is 6.92 Å². The first kappa shape index (κ1) is 67.8. The van der Waals surface area contributed by atoms with E-state index >= 15 is 0 Å². The minimum absolute atomic E-state index is 0. The predicted octanol–water partition coefficient (Wildman–Crippen LogP) is -4.88. The molecule has 26 nitrogen and oxygen atoms in total. The maximum absolute atomic E-state index is 14.3. The molecule has 1 heterocycles. The van der Waals surface area contributed by atoms with Gasteiger partial charge in [-0.05, 0) is 103 Å². The molecule has 1 rings (SSSR count). The van der Waals surface area contributed by atoms with Crippen molar-refractivity contribution < 1.29 is 58.2 Å². The molecule has 11 unspecified atom stereocenters. The summed E-state index contributed by atoms with van der Waals surface area (Å²) in [6.07, 6.45) is -1.56. The van der Waals surface area contributed by atoms with Crippen LogP contribution in [0.4, 0.5) is 0 Å². The Labute approximate surface area is 434 Å². The fourth-order valence-corrected chi connectivity index (χ4v) is 7.61. The van der Waals surface area contributed by atoms with E-state index in [-0.39, 0.29) is 95.4 Å². The lowest BCUT2D eigenvalue weighted by molar-refractivity contribution is -0.136. The van der Waals surface area contributed by atoms with Gasteiger partial charge in [0.2, 0.25) is 59.1 Å². The molecule has 1 aliphatic heterocycles. The van der Waals surface area contributed by atoms with Gasteiger partial charge in [0.05, 0.1) is 12.2 Å². The smallest absolute Gasteiger partial charge is 0.245 e. The second-order valence-corrected chi connectivity index (χ2v) is 19.0. The van der Waals surface area contributed by atoms with Crippen LogP contribution in [-0.2, 0) is 47.9 Å². The fraction of sp³-hybridized carbons (Fsp3) is 0.783. The third-order valence-corrected chi connectivity index (χ3v) is 11.6. The summed E-state index contributed by atoms with van der Waals surface area (Å²) in [5.74, 6) is -8.83. The van der Waals surface area contributed by atoms with Crippen LogP contribution >= 0.6 is 12.4 Å².